The van der Waals surface area contributed by atoms with Gasteiger partial charge in [-0.05, 0) is 89.9 Å². The summed E-state index contributed by atoms with van der Waals surface area (Å²) in [6.45, 7) is 5.71. The monoisotopic (exact) mass is 1030 g/mol. The normalized spacial score (nSPS) is 19.9. The molecular weight excluding hydrogens is 919 g/mol. The van der Waals surface area contributed by atoms with Crippen LogP contribution in [0.3, 0.4) is 0 Å². The summed E-state index contributed by atoms with van der Waals surface area (Å²) < 4.78 is 17.5. The summed E-state index contributed by atoms with van der Waals surface area (Å²) in [4.78, 5) is 26.4. The summed E-state index contributed by atoms with van der Waals surface area (Å²) in [7, 11) is 0. The quantitative estimate of drug-likeness (QED) is 0.0195. The molecule has 1 heterocycles. The van der Waals surface area contributed by atoms with E-state index in [1.54, 1.807) is 6.08 Å². The first kappa shape index (κ1) is 68.1. The lowest BCUT2D eigenvalue weighted by Gasteiger charge is -2.41. The number of carbonyl (C=O) groups excluding carboxylic acids is 2. The molecule has 0 aromatic carbocycles. The molecule has 1 amide bonds. The third-order valence-corrected chi connectivity index (χ3v) is 13.6. The first-order valence-corrected chi connectivity index (χ1v) is 29.7. The van der Waals surface area contributed by atoms with Gasteiger partial charge >= 0.3 is 5.97 Å². The molecule has 8 atom stereocenters. The zero-order chi connectivity index (χ0) is 53.3. The molecule has 1 fully saturated rings. The Labute approximate surface area is 445 Å². The SMILES string of the molecule is CCCCC/C=C\C/C=C\C/C=C\C/C=C\CCCC(=O)OC1C(OCC(NC(=O)C(O)CCCCCCCC/C=C/CCCCCCCC)C(O)/C=C/CCCCCCCCCCC)OC(CO)C(O)C1O. The Morgan fingerprint density at radius 1 is 0.534 bits per heavy atom. The number of amides is 1. The maximum absolute atomic E-state index is 13.4. The molecular formula is C62H109NO10. The molecule has 0 radical (unpaired) electrons. The van der Waals surface area contributed by atoms with Crippen molar-refractivity contribution in [3.63, 3.8) is 0 Å². The molecule has 0 aromatic rings. The number of esters is 1. The van der Waals surface area contributed by atoms with Gasteiger partial charge < -0.3 is 45.1 Å². The first-order chi connectivity index (χ1) is 35.7. The molecule has 422 valence electrons. The first-order valence-electron chi connectivity index (χ1n) is 29.7. The lowest BCUT2D eigenvalue weighted by Crippen LogP contribution is -2.61. The van der Waals surface area contributed by atoms with Gasteiger partial charge in [0.15, 0.2) is 12.4 Å². The number of aliphatic hydroxyl groups excluding tert-OH is 5. The van der Waals surface area contributed by atoms with Gasteiger partial charge in [-0.15, -0.1) is 0 Å². The molecule has 1 rings (SSSR count). The number of unbranched alkanes of at least 4 members (excludes halogenated alkanes) is 25. The molecule has 1 aliphatic rings. The lowest BCUT2D eigenvalue weighted by atomic mass is 9.99. The highest BCUT2D eigenvalue weighted by molar-refractivity contribution is 5.80. The van der Waals surface area contributed by atoms with E-state index in [0.717, 1.165) is 83.5 Å². The second-order valence-corrected chi connectivity index (χ2v) is 20.4. The third-order valence-electron chi connectivity index (χ3n) is 13.6. The maximum Gasteiger partial charge on any atom is 0.306 e. The van der Waals surface area contributed by atoms with Gasteiger partial charge in [0.1, 0.15) is 24.4 Å². The van der Waals surface area contributed by atoms with Crippen molar-refractivity contribution >= 4 is 11.9 Å². The summed E-state index contributed by atoms with van der Waals surface area (Å²) in [6, 6.07) is -1.04. The van der Waals surface area contributed by atoms with Crippen LogP contribution in [0.1, 0.15) is 245 Å². The fourth-order valence-electron chi connectivity index (χ4n) is 8.81. The molecule has 1 aliphatic heterocycles. The van der Waals surface area contributed by atoms with Gasteiger partial charge in [0, 0.05) is 6.42 Å². The van der Waals surface area contributed by atoms with E-state index < -0.39 is 67.4 Å². The number of rotatable bonds is 49. The fraction of sp³-hybridized carbons (Fsp3) is 0.774. The van der Waals surface area contributed by atoms with Crippen molar-refractivity contribution in [1.82, 2.24) is 5.32 Å². The molecule has 6 N–H and O–H groups in total. The Balaban J connectivity index is 2.74. The predicted octanol–water partition coefficient (Wildman–Crippen LogP) is 13.6. The summed E-state index contributed by atoms with van der Waals surface area (Å²) >= 11 is 0. The Kier molecular flexibility index (Phi) is 46.6. The van der Waals surface area contributed by atoms with E-state index >= 15 is 0 Å². The summed E-state index contributed by atoms with van der Waals surface area (Å²) in [5.41, 5.74) is 0. The Hall–Kier alpha value is -2.90. The van der Waals surface area contributed by atoms with Crippen molar-refractivity contribution < 1.29 is 49.3 Å². The standard InChI is InChI=1S/C62H109NO10/c1-4-7-10-13-16-19-22-24-26-28-30-32-35-38-41-44-47-50-57(67)73-60-59(69)58(68)56(51-64)72-62(60)71-52-53(54(65)48-45-42-39-36-33-21-18-15-12-9-6-3)63-61(70)55(66)49-46-43-40-37-34-31-29-27-25-23-20-17-14-11-8-5-2/h16,19,24-27,30,32,38,41,45,48,53-56,58-60,62,64-66,68-69H,4-15,17-18,20-23,28-29,31,33-37,39-40,42-44,46-47,49-52H2,1-3H3,(H,63,70)/b19-16-,26-24-,27-25+,32-30-,41-38-,48-45+. The van der Waals surface area contributed by atoms with E-state index in [9.17, 15) is 35.1 Å². The van der Waals surface area contributed by atoms with E-state index in [0.29, 0.717) is 19.3 Å². The minimum absolute atomic E-state index is 0.0452. The van der Waals surface area contributed by atoms with E-state index in [4.69, 9.17) is 14.2 Å². The van der Waals surface area contributed by atoms with Crippen LogP contribution in [0.4, 0.5) is 0 Å². The van der Waals surface area contributed by atoms with Gasteiger partial charge in [-0.2, -0.15) is 0 Å². The maximum atomic E-state index is 13.4. The van der Waals surface area contributed by atoms with Gasteiger partial charge in [0.2, 0.25) is 5.91 Å². The molecule has 0 bridgehead atoms. The Morgan fingerprint density at radius 2 is 0.945 bits per heavy atom. The summed E-state index contributed by atoms with van der Waals surface area (Å²) in [5.74, 6) is -1.26. The molecule has 73 heavy (non-hydrogen) atoms. The second-order valence-electron chi connectivity index (χ2n) is 20.4. The van der Waals surface area contributed by atoms with Gasteiger partial charge in [0.25, 0.3) is 0 Å². The van der Waals surface area contributed by atoms with Crippen molar-refractivity contribution in [1.29, 1.82) is 0 Å². The highest BCUT2D eigenvalue weighted by Gasteiger charge is 2.47. The molecule has 11 heteroatoms. The molecule has 8 unspecified atom stereocenters. The molecule has 0 aromatic heterocycles. The third kappa shape index (κ3) is 38.3. The highest BCUT2D eigenvalue weighted by Crippen LogP contribution is 2.26. The van der Waals surface area contributed by atoms with Gasteiger partial charge in [-0.3, -0.25) is 9.59 Å². The molecule has 0 saturated carbocycles. The van der Waals surface area contributed by atoms with Gasteiger partial charge in [0.05, 0.1) is 25.4 Å². The van der Waals surface area contributed by atoms with Gasteiger partial charge in [-0.25, -0.2) is 0 Å². The minimum Gasteiger partial charge on any atom is -0.454 e. The van der Waals surface area contributed by atoms with Crippen molar-refractivity contribution in [2.45, 2.75) is 294 Å². The zero-order valence-electron chi connectivity index (χ0n) is 46.5. The van der Waals surface area contributed by atoms with Crippen molar-refractivity contribution in [2.75, 3.05) is 13.2 Å². The number of hydrogen-bond donors (Lipinski definition) is 6. The van der Waals surface area contributed by atoms with E-state index in [2.05, 4.69) is 74.7 Å². The predicted molar refractivity (Wildman–Crippen MR) is 301 cm³/mol. The number of allylic oxidation sites excluding steroid dienone is 11. The molecule has 1 saturated heterocycles. The zero-order valence-corrected chi connectivity index (χ0v) is 46.5. The van der Waals surface area contributed by atoms with Crippen LogP contribution in [0.2, 0.25) is 0 Å². The highest BCUT2D eigenvalue weighted by atomic mass is 16.7. The molecule has 0 aliphatic carbocycles. The summed E-state index contributed by atoms with van der Waals surface area (Å²) in [6.07, 6.45) is 52.3. The lowest BCUT2D eigenvalue weighted by molar-refractivity contribution is -0.305. The average Bonchev–Trinajstić information content (AvgIpc) is 3.39. The molecule has 11 nitrogen and oxygen atoms in total. The van der Waals surface area contributed by atoms with E-state index in [1.807, 2.05) is 18.2 Å². The van der Waals surface area contributed by atoms with E-state index in [-0.39, 0.29) is 19.4 Å². The Morgan fingerprint density at radius 3 is 1.45 bits per heavy atom. The Bertz CT molecular complexity index is 1460. The fourth-order valence-corrected chi connectivity index (χ4v) is 8.81. The number of hydrogen-bond acceptors (Lipinski definition) is 10. The topological polar surface area (TPSA) is 175 Å². The number of aliphatic hydroxyl groups is 5. The van der Waals surface area contributed by atoms with Crippen LogP contribution in [-0.2, 0) is 23.8 Å². The number of nitrogens with one attached hydrogen (secondary N) is 1. The average molecular weight is 1030 g/mol. The molecule has 0 spiro atoms. The van der Waals surface area contributed by atoms with Gasteiger partial charge in [-0.1, -0.05) is 222 Å². The smallest absolute Gasteiger partial charge is 0.306 e. The number of ether oxygens (including phenoxy) is 3. The van der Waals surface area contributed by atoms with E-state index in [1.165, 1.54) is 109 Å². The van der Waals surface area contributed by atoms with Crippen LogP contribution in [-0.4, -0.2) is 99.6 Å². The minimum atomic E-state index is -1.64. The number of carbonyl (C=O) groups is 2. The summed E-state index contributed by atoms with van der Waals surface area (Å²) in [5, 5.41) is 56.8. The van der Waals surface area contributed by atoms with Crippen molar-refractivity contribution in [3.8, 4) is 0 Å². The van der Waals surface area contributed by atoms with Crippen molar-refractivity contribution in [2.24, 2.45) is 0 Å². The van der Waals surface area contributed by atoms with Crippen molar-refractivity contribution in [3.05, 3.63) is 72.9 Å². The van der Waals surface area contributed by atoms with Crippen LogP contribution < -0.4 is 5.32 Å². The second kappa shape index (κ2) is 49.9. The van der Waals surface area contributed by atoms with Crippen LogP contribution in [0.15, 0.2) is 72.9 Å². The largest absolute Gasteiger partial charge is 0.454 e. The van der Waals surface area contributed by atoms with Crippen LogP contribution in [0.25, 0.3) is 0 Å². The van der Waals surface area contributed by atoms with Crippen LogP contribution in [0, 0.1) is 0 Å². The van der Waals surface area contributed by atoms with Crippen LogP contribution >= 0.6 is 0 Å². The van der Waals surface area contributed by atoms with Crippen LogP contribution in [0.5, 0.6) is 0 Å².